The van der Waals surface area contributed by atoms with E-state index in [0.29, 0.717) is 40.5 Å². The number of halogens is 1. The summed E-state index contributed by atoms with van der Waals surface area (Å²) in [5, 5.41) is 9.68. The normalized spacial score (nSPS) is 14.6. The summed E-state index contributed by atoms with van der Waals surface area (Å²) in [6.45, 7) is 4.89. The van der Waals surface area contributed by atoms with Gasteiger partial charge in [0.1, 0.15) is 0 Å². The van der Waals surface area contributed by atoms with Crippen molar-refractivity contribution in [3.63, 3.8) is 0 Å². The third-order valence-corrected chi connectivity index (χ3v) is 4.81. The van der Waals surface area contributed by atoms with Gasteiger partial charge in [-0.25, -0.2) is 0 Å². The molecule has 1 atom stereocenters. The van der Waals surface area contributed by atoms with Gasteiger partial charge in [0.25, 0.3) is 0 Å². The number of hydrogen-bond donors (Lipinski definition) is 1. The second-order valence-corrected chi connectivity index (χ2v) is 6.37. The van der Waals surface area contributed by atoms with Gasteiger partial charge in [0.05, 0.1) is 16.6 Å². The smallest absolute Gasteiger partial charge is 0.310 e. The van der Waals surface area contributed by atoms with Crippen molar-refractivity contribution in [2.24, 2.45) is 0 Å². The maximum Gasteiger partial charge on any atom is 0.310 e. The molecular formula is C19H18ClNO3. The molecule has 4 nitrogen and oxygen atoms in total. The van der Waals surface area contributed by atoms with Gasteiger partial charge in [0.2, 0.25) is 0 Å². The first-order valence-corrected chi connectivity index (χ1v) is 8.25. The van der Waals surface area contributed by atoms with Crippen LogP contribution in [0.25, 0.3) is 0 Å². The van der Waals surface area contributed by atoms with Crippen LogP contribution in [0.5, 0.6) is 0 Å². The molecule has 124 valence electrons. The lowest BCUT2D eigenvalue weighted by atomic mass is 9.94. The van der Waals surface area contributed by atoms with E-state index in [2.05, 4.69) is 4.90 Å². The third kappa shape index (κ3) is 2.67. The number of hydrogen-bond acceptors (Lipinski definition) is 3. The van der Waals surface area contributed by atoms with Gasteiger partial charge in [-0.1, -0.05) is 35.9 Å². The van der Waals surface area contributed by atoms with Crippen LogP contribution in [-0.2, 0) is 11.3 Å². The van der Waals surface area contributed by atoms with Crippen molar-refractivity contribution in [2.75, 3.05) is 11.4 Å². The zero-order chi connectivity index (χ0) is 17.4. The van der Waals surface area contributed by atoms with Crippen LogP contribution in [0.1, 0.15) is 46.8 Å². The van der Waals surface area contributed by atoms with Gasteiger partial charge in [-0.15, -0.1) is 0 Å². The molecule has 24 heavy (non-hydrogen) atoms. The van der Waals surface area contributed by atoms with Gasteiger partial charge in [-0.2, -0.15) is 0 Å². The number of ketones is 1. The van der Waals surface area contributed by atoms with E-state index >= 15 is 0 Å². The molecule has 3 rings (SSSR count). The van der Waals surface area contributed by atoms with Crippen LogP contribution >= 0.6 is 11.6 Å². The summed E-state index contributed by atoms with van der Waals surface area (Å²) in [7, 11) is 0. The van der Waals surface area contributed by atoms with Gasteiger partial charge in [-0.05, 0) is 37.1 Å². The lowest BCUT2D eigenvalue weighted by Gasteiger charge is -2.25. The zero-order valence-corrected chi connectivity index (χ0v) is 14.3. The maximum atomic E-state index is 13.1. The van der Waals surface area contributed by atoms with Crippen molar-refractivity contribution >= 4 is 29.0 Å². The lowest BCUT2D eigenvalue weighted by Crippen LogP contribution is -2.23. The Kier molecular flexibility index (Phi) is 4.33. The van der Waals surface area contributed by atoms with Gasteiger partial charge in [-0.3, -0.25) is 9.59 Å². The molecule has 1 unspecified atom stereocenters. The Balaban J connectivity index is 2.25. The van der Waals surface area contributed by atoms with Crippen molar-refractivity contribution in [1.82, 2.24) is 0 Å². The molecule has 5 heteroatoms. The number of carbonyl (C=O) groups excluding carboxylic acids is 1. The summed E-state index contributed by atoms with van der Waals surface area (Å²) in [6, 6.07) is 10.8. The molecule has 0 aromatic heterocycles. The van der Waals surface area contributed by atoms with Crippen molar-refractivity contribution in [3.8, 4) is 0 Å². The summed E-state index contributed by atoms with van der Waals surface area (Å²) in [5.41, 5.74) is 3.28. The molecule has 1 heterocycles. The fraction of sp³-hybridized carbons (Fsp3) is 0.263. The second-order valence-electron chi connectivity index (χ2n) is 5.96. The molecule has 1 N–H and O–H groups in total. The highest BCUT2D eigenvalue weighted by Gasteiger charge is 2.28. The first-order valence-electron chi connectivity index (χ1n) is 7.87. The molecule has 0 aliphatic carbocycles. The molecule has 2 aromatic rings. The molecule has 0 saturated carbocycles. The van der Waals surface area contributed by atoms with Crippen molar-refractivity contribution < 1.29 is 14.7 Å². The number of rotatable bonds is 3. The predicted octanol–water partition coefficient (Wildman–Crippen LogP) is 4.10. The average Bonchev–Trinajstić information content (AvgIpc) is 2.69. The zero-order valence-electron chi connectivity index (χ0n) is 13.5. The Hall–Kier alpha value is -2.33. The van der Waals surface area contributed by atoms with Gasteiger partial charge in [0, 0.05) is 24.2 Å². The Morgan fingerprint density at radius 3 is 2.67 bits per heavy atom. The van der Waals surface area contributed by atoms with Crippen LogP contribution < -0.4 is 4.90 Å². The summed E-state index contributed by atoms with van der Waals surface area (Å²) < 4.78 is 0. The highest BCUT2D eigenvalue weighted by molar-refractivity contribution is 6.35. The third-order valence-electron chi connectivity index (χ3n) is 4.52. The van der Waals surface area contributed by atoms with E-state index in [1.54, 1.807) is 19.1 Å². The van der Waals surface area contributed by atoms with Crippen LogP contribution in [0.3, 0.4) is 0 Å². The number of carbonyl (C=O) groups is 2. The van der Waals surface area contributed by atoms with E-state index in [9.17, 15) is 14.7 Å². The maximum absolute atomic E-state index is 13.1. The average molecular weight is 344 g/mol. The van der Waals surface area contributed by atoms with Crippen LogP contribution in [0.15, 0.2) is 36.4 Å². The quantitative estimate of drug-likeness (QED) is 0.911. The van der Waals surface area contributed by atoms with Gasteiger partial charge >= 0.3 is 5.97 Å². The van der Waals surface area contributed by atoms with Crippen molar-refractivity contribution in [3.05, 3.63) is 63.7 Å². The first kappa shape index (κ1) is 16.5. The van der Waals surface area contributed by atoms with Gasteiger partial charge in [0.15, 0.2) is 5.78 Å². The standard InChI is InChI=1S/C19H18ClNO3/c1-3-21-10-12-6-4-5-7-14(12)18(22)15-8-13(11(2)19(23)24)9-16(20)17(15)21/h4-9,11H,3,10H2,1-2H3,(H,23,24). The summed E-state index contributed by atoms with van der Waals surface area (Å²) in [4.78, 5) is 26.4. The minimum atomic E-state index is -0.945. The second kappa shape index (κ2) is 6.29. The molecule has 0 amide bonds. The number of benzene rings is 2. The molecule has 0 bridgehead atoms. The summed E-state index contributed by atoms with van der Waals surface area (Å²) in [5.74, 6) is -1.79. The monoisotopic (exact) mass is 343 g/mol. The van der Waals surface area contributed by atoms with Crippen molar-refractivity contribution in [1.29, 1.82) is 0 Å². The molecule has 0 saturated heterocycles. The minimum absolute atomic E-state index is 0.113. The molecule has 0 fully saturated rings. The van der Waals surface area contributed by atoms with E-state index in [1.165, 1.54) is 0 Å². The largest absolute Gasteiger partial charge is 0.481 e. The lowest BCUT2D eigenvalue weighted by molar-refractivity contribution is -0.138. The summed E-state index contributed by atoms with van der Waals surface area (Å²) in [6.07, 6.45) is 0. The number of anilines is 1. The Morgan fingerprint density at radius 2 is 2.00 bits per heavy atom. The SMILES string of the molecule is CCN1Cc2ccccc2C(=O)c2cc(C(C)C(=O)O)cc(Cl)c21. The van der Waals surface area contributed by atoms with E-state index in [4.69, 9.17) is 11.6 Å². The molecule has 2 aromatic carbocycles. The van der Waals surface area contributed by atoms with E-state index in [1.807, 2.05) is 31.2 Å². The van der Waals surface area contributed by atoms with E-state index in [0.717, 1.165) is 5.56 Å². The predicted molar refractivity (Wildman–Crippen MR) is 94.1 cm³/mol. The number of carboxylic acids is 1. The number of nitrogens with zero attached hydrogens (tertiary/aromatic N) is 1. The van der Waals surface area contributed by atoms with Gasteiger partial charge < -0.3 is 10.0 Å². The minimum Gasteiger partial charge on any atom is -0.481 e. The van der Waals surface area contributed by atoms with Crippen molar-refractivity contribution in [2.45, 2.75) is 26.3 Å². The number of aliphatic carboxylic acids is 1. The van der Waals surface area contributed by atoms with Crippen LogP contribution in [0.2, 0.25) is 5.02 Å². The number of carboxylic acid groups (broad SMARTS) is 1. The molecule has 1 aliphatic rings. The molecule has 0 radical (unpaired) electrons. The van der Waals surface area contributed by atoms with Crippen LogP contribution in [0, 0.1) is 0 Å². The number of fused-ring (bicyclic) bond motifs is 2. The summed E-state index contributed by atoms with van der Waals surface area (Å²) >= 11 is 6.46. The highest BCUT2D eigenvalue weighted by Crippen LogP contribution is 2.38. The first-order chi connectivity index (χ1) is 11.4. The molecular weight excluding hydrogens is 326 g/mol. The van der Waals surface area contributed by atoms with E-state index < -0.39 is 11.9 Å². The Labute approximate surface area is 145 Å². The fourth-order valence-electron chi connectivity index (χ4n) is 3.09. The van der Waals surface area contributed by atoms with E-state index in [-0.39, 0.29) is 5.78 Å². The Morgan fingerprint density at radius 1 is 1.29 bits per heavy atom. The molecule has 1 aliphatic heterocycles. The fourth-order valence-corrected chi connectivity index (χ4v) is 3.43. The highest BCUT2D eigenvalue weighted by atomic mass is 35.5. The van der Waals surface area contributed by atoms with Crippen LogP contribution in [0.4, 0.5) is 5.69 Å². The Bertz CT molecular complexity index is 831. The topological polar surface area (TPSA) is 57.6 Å². The molecule has 0 spiro atoms. The van der Waals surface area contributed by atoms with Crippen LogP contribution in [-0.4, -0.2) is 23.4 Å².